The van der Waals surface area contributed by atoms with Gasteiger partial charge in [0, 0.05) is 18.5 Å². The van der Waals surface area contributed by atoms with Crippen LogP contribution in [0.25, 0.3) is 0 Å². The molecule has 1 aliphatic carbocycles. The molecule has 22 heavy (non-hydrogen) atoms. The molecule has 4 aliphatic rings. The molecule has 0 unspecified atom stereocenters. The lowest BCUT2D eigenvalue weighted by atomic mass is 9.59. The Bertz CT molecular complexity index is 556. The zero-order chi connectivity index (χ0) is 15.5. The first-order chi connectivity index (χ1) is 10.4. The number of nitrogens with one attached hydrogen (secondary N) is 1. The Balaban J connectivity index is 1.25. The van der Waals surface area contributed by atoms with E-state index < -0.39 is 13.2 Å². The van der Waals surface area contributed by atoms with Crippen LogP contribution in [0.2, 0.25) is 0 Å². The molecule has 0 radical (unpaired) electrons. The summed E-state index contributed by atoms with van der Waals surface area (Å²) in [5.74, 6) is 1.47. The van der Waals surface area contributed by atoms with Crippen LogP contribution in [0.5, 0.6) is 0 Å². The van der Waals surface area contributed by atoms with E-state index in [1.54, 1.807) is 4.90 Å². The maximum Gasteiger partial charge on any atom is 0.480 e. The fourth-order valence-electron chi connectivity index (χ4n) is 4.04. The second kappa shape index (κ2) is 4.39. The molecular formula is C13H18BN3O5. The maximum atomic E-state index is 12.3. The van der Waals surface area contributed by atoms with Crippen LogP contribution >= 0.6 is 0 Å². The molecule has 8 nitrogen and oxygen atoms in total. The Morgan fingerprint density at radius 2 is 1.86 bits per heavy atom. The Morgan fingerprint density at radius 3 is 2.41 bits per heavy atom. The Kier molecular flexibility index (Phi) is 2.77. The normalized spacial score (nSPS) is 26.8. The van der Waals surface area contributed by atoms with Crippen molar-refractivity contribution < 1.29 is 24.4 Å². The second-order valence-corrected chi connectivity index (χ2v) is 7.07. The van der Waals surface area contributed by atoms with E-state index in [0.717, 1.165) is 31.5 Å². The largest absolute Gasteiger partial charge is 0.480 e. The van der Waals surface area contributed by atoms with Crippen molar-refractivity contribution in [1.82, 2.24) is 15.1 Å². The number of urea groups is 1. The van der Waals surface area contributed by atoms with Gasteiger partial charge in [0.15, 0.2) is 0 Å². The molecule has 3 heterocycles. The topological polar surface area (TPSA) is 102 Å². The van der Waals surface area contributed by atoms with Crippen molar-refractivity contribution in [1.29, 1.82) is 0 Å². The number of hydrogen-bond acceptors (Lipinski definition) is 5. The number of carbonyl (C=O) groups excluding carboxylic acids is 2. The minimum Gasteiger partial charge on any atom is -0.447 e. The molecule has 4 fully saturated rings. The summed E-state index contributed by atoms with van der Waals surface area (Å²) >= 11 is 0. The summed E-state index contributed by atoms with van der Waals surface area (Å²) in [6.07, 6.45) is 1.26. The van der Waals surface area contributed by atoms with Gasteiger partial charge in [0.05, 0.1) is 13.1 Å². The predicted octanol–water partition coefficient (Wildman–Crippen LogP) is -1.07. The van der Waals surface area contributed by atoms with Crippen molar-refractivity contribution >= 4 is 19.2 Å². The average molecular weight is 307 g/mol. The highest BCUT2D eigenvalue weighted by atomic mass is 16.6. The van der Waals surface area contributed by atoms with Crippen LogP contribution in [0, 0.1) is 5.41 Å². The van der Waals surface area contributed by atoms with Gasteiger partial charge in [0.2, 0.25) is 0 Å². The molecule has 4 rings (SSSR count). The number of hydrogen-bond donors (Lipinski definition) is 3. The van der Waals surface area contributed by atoms with E-state index in [0.29, 0.717) is 19.7 Å². The molecule has 0 bridgehead atoms. The Labute approximate surface area is 127 Å². The lowest BCUT2D eigenvalue weighted by Gasteiger charge is -2.59. The average Bonchev–Trinajstić information content (AvgIpc) is 2.70. The van der Waals surface area contributed by atoms with Gasteiger partial charge >= 0.3 is 19.2 Å². The number of rotatable bonds is 1. The Morgan fingerprint density at radius 1 is 1.23 bits per heavy atom. The van der Waals surface area contributed by atoms with Crippen molar-refractivity contribution in [3.05, 3.63) is 11.5 Å². The fraction of sp³-hybridized carbons (Fsp3) is 0.692. The lowest BCUT2D eigenvalue weighted by Crippen LogP contribution is -2.74. The van der Waals surface area contributed by atoms with Crippen LogP contribution in [-0.4, -0.2) is 77.4 Å². The molecule has 3 aliphatic heterocycles. The quantitative estimate of drug-likeness (QED) is 0.536. The molecule has 118 valence electrons. The van der Waals surface area contributed by atoms with E-state index in [2.05, 4.69) is 5.32 Å². The van der Waals surface area contributed by atoms with E-state index >= 15 is 0 Å². The van der Waals surface area contributed by atoms with E-state index in [1.807, 2.05) is 4.90 Å². The van der Waals surface area contributed by atoms with Gasteiger partial charge in [0.1, 0.15) is 12.1 Å². The highest BCUT2D eigenvalue weighted by Crippen LogP contribution is 2.51. The zero-order valence-corrected chi connectivity index (χ0v) is 12.1. The van der Waals surface area contributed by atoms with Crippen molar-refractivity contribution in [2.75, 3.05) is 32.8 Å². The highest BCUT2D eigenvalue weighted by molar-refractivity contribution is 6.47. The van der Waals surface area contributed by atoms with E-state index in [9.17, 15) is 9.59 Å². The summed E-state index contributed by atoms with van der Waals surface area (Å²) in [6.45, 7) is 2.77. The molecule has 0 aromatic heterocycles. The SMILES string of the molecule is O=C1NC2(CO1)CN(C(=O)N1CC3(CC(=CB(O)O)C3)C1)C2. The van der Waals surface area contributed by atoms with Crippen molar-refractivity contribution in [3.63, 3.8) is 0 Å². The summed E-state index contributed by atoms with van der Waals surface area (Å²) in [4.78, 5) is 26.9. The third-order valence-corrected chi connectivity index (χ3v) is 5.02. The van der Waals surface area contributed by atoms with Gasteiger partial charge in [-0.1, -0.05) is 11.5 Å². The minimum absolute atomic E-state index is 0.0111. The summed E-state index contributed by atoms with van der Waals surface area (Å²) in [7, 11) is -1.38. The van der Waals surface area contributed by atoms with Crippen molar-refractivity contribution in [3.8, 4) is 0 Å². The number of ether oxygens (including phenoxy) is 1. The van der Waals surface area contributed by atoms with Crippen LogP contribution in [0.4, 0.5) is 9.59 Å². The number of carbonyl (C=O) groups is 2. The second-order valence-electron chi connectivity index (χ2n) is 7.07. The van der Waals surface area contributed by atoms with Crippen LogP contribution < -0.4 is 5.32 Å². The third-order valence-electron chi connectivity index (χ3n) is 5.02. The van der Waals surface area contributed by atoms with Gasteiger partial charge in [-0.05, 0) is 12.8 Å². The van der Waals surface area contributed by atoms with Gasteiger partial charge in [-0.3, -0.25) is 0 Å². The van der Waals surface area contributed by atoms with Crippen molar-refractivity contribution in [2.45, 2.75) is 18.4 Å². The molecule has 3 amide bonds. The molecule has 9 heteroatoms. The van der Waals surface area contributed by atoms with Gasteiger partial charge < -0.3 is 29.9 Å². The first kappa shape index (κ1) is 13.9. The van der Waals surface area contributed by atoms with Crippen LogP contribution in [0.3, 0.4) is 0 Å². The van der Waals surface area contributed by atoms with Crippen LogP contribution in [0.15, 0.2) is 11.5 Å². The molecule has 0 aromatic rings. The number of likely N-dealkylation sites (tertiary alicyclic amines) is 2. The Hall–Kier alpha value is -1.74. The summed E-state index contributed by atoms with van der Waals surface area (Å²) in [5, 5.41) is 20.5. The molecule has 3 N–H and O–H groups in total. The van der Waals surface area contributed by atoms with E-state index in [1.165, 1.54) is 5.98 Å². The van der Waals surface area contributed by atoms with E-state index in [-0.39, 0.29) is 17.0 Å². The monoisotopic (exact) mass is 307 g/mol. The zero-order valence-electron chi connectivity index (χ0n) is 12.1. The lowest BCUT2D eigenvalue weighted by molar-refractivity contribution is -0.0288. The summed E-state index contributed by atoms with van der Waals surface area (Å²) in [5.41, 5.74) is 0.818. The summed E-state index contributed by atoms with van der Waals surface area (Å²) < 4.78 is 4.89. The molecule has 0 aromatic carbocycles. The predicted molar refractivity (Wildman–Crippen MR) is 75.7 cm³/mol. The number of cyclic esters (lactones) is 1. The molecular weight excluding hydrogens is 289 g/mol. The third kappa shape index (κ3) is 2.07. The minimum atomic E-state index is -1.38. The van der Waals surface area contributed by atoms with Crippen LogP contribution in [-0.2, 0) is 4.74 Å². The number of amides is 3. The number of allylic oxidation sites excluding steroid dienone is 1. The molecule has 3 saturated heterocycles. The molecule has 1 saturated carbocycles. The summed E-state index contributed by atoms with van der Waals surface area (Å²) in [6, 6.07) is 0.0111. The van der Waals surface area contributed by atoms with Crippen molar-refractivity contribution in [2.24, 2.45) is 5.41 Å². The van der Waals surface area contributed by atoms with Gasteiger partial charge in [0.25, 0.3) is 0 Å². The van der Waals surface area contributed by atoms with E-state index in [4.69, 9.17) is 14.8 Å². The smallest absolute Gasteiger partial charge is 0.447 e. The van der Waals surface area contributed by atoms with Crippen LogP contribution in [0.1, 0.15) is 12.8 Å². The molecule has 0 atom stereocenters. The maximum absolute atomic E-state index is 12.3. The van der Waals surface area contributed by atoms with Gasteiger partial charge in [-0.15, -0.1) is 0 Å². The first-order valence-electron chi connectivity index (χ1n) is 7.43. The first-order valence-corrected chi connectivity index (χ1v) is 7.43. The number of nitrogens with zero attached hydrogens (tertiary/aromatic N) is 2. The van der Waals surface area contributed by atoms with Gasteiger partial charge in [-0.25, -0.2) is 9.59 Å². The standard InChI is InChI=1S/C13H18BN3O5/c18-10-15-13(8-22-10)6-17(7-13)11(19)16-4-12(5-16)1-9(2-12)3-14(20)21/h3,20-21H,1-2,4-8H2,(H,15,18). The fourth-order valence-corrected chi connectivity index (χ4v) is 4.04. The highest BCUT2D eigenvalue weighted by Gasteiger charge is 2.56. The number of alkyl carbamates (subject to hydrolysis) is 1. The van der Waals surface area contributed by atoms with Gasteiger partial charge in [-0.2, -0.15) is 0 Å². The molecule has 2 spiro atoms.